The van der Waals surface area contributed by atoms with E-state index in [0.717, 1.165) is 25.3 Å². The van der Waals surface area contributed by atoms with Crippen molar-refractivity contribution in [2.24, 2.45) is 0 Å². The summed E-state index contributed by atoms with van der Waals surface area (Å²) in [5.74, 6) is 0. The van der Waals surface area contributed by atoms with Crippen molar-refractivity contribution in [1.29, 1.82) is 0 Å². The first-order chi connectivity index (χ1) is 8.49. The number of rotatable bonds is 2. The third kappa shape index (κ3) is 2.64. The van der Waals surface area contributed by atoms with Crippen LogP contribution in [0, 0.1) is 10.1 Å². The average Bonchev–Trinajstić information content (AvgIpc) is 2.32. The second kappa shape index (κ2) is 5.24. The number of piperazine rings is 1. The topological polar surface area (TPSA) is 49.6 Å². The summed E-state index contributed by atoms with van der Waals surface area (Å²) in [4.78, 5) is 15.0. The van der Waals surface area contributed by atoms with Gasteiger partial charge in [-0.25, -0.2) is 0 Å². The van der Waals surface area contributed by atoms with Crippen molar-refractivity contribution in [2.75, 3.05) is 31.6 Å². The van der Waals surface area contributed by atoms with Crippen LogP contribution in [0.25, 0.3) is 0 Å². The van der Waals surface area contributed by atoms with Crippen molar-refractivity contribution in [2.45, 2.75) is 13.0 Å². The van der Waals surface area contributed by atoms with Crippen molar-refractivity contribution in [3.8, 4) is 0 Å². The number of halogens is 1. The molecule has 5 nitrogen and oxygen atoms in total. The third-order valence-corrected chi connectivity index (χ3v) is 4.09. The van der Waals surface area contributed by atoms with Gasteiger partial charge in [-0.2, -0.15) is 0 Å². The Morgan fingerprint density at radius 3 is 2.72 bits per heavy atom. The van der Waals surface area contributed by atoms with Crippen molar-refractivity contribution < 1.29 is 4.92 Å². The van der Waals surface area contributed by atoms with Gasteiger partial charge in [0.05, 0.1) is 9.40 Å². The molecule has 0 spiro atoms. The van der Waals surface area contributed by atoms with Crippen LogP contribution in [0.5, 0.6) is 0 Å². The summed E-state index contributed by atoms with van der Waals surface area (Å²) >= 11 is 3.26. The van der Waals surface area contributed by atoms with Gasteiger partial charge in [-0.05, 0) is 42.0 Å². The molecule has 1 aliphatic rings. The summed E-state index contributed by atoms with van der Waals surface area (Å²) in [6.07, 6.45) is 0. The minimum absolute atomic E-state index is 0.112. The summed E-state index contributed by atoms with van der Waals surface area (Å²) in [6.45, 7) is 5.09. The molecule has 0 radical (unpaired) electrons. The molecule has 1 aromatic rings. The number of nitro groups is 1. The molecule has 1 heterocycles. The highest BCUT2D eigenvalue weighted by molar-refractivity contribution is 9.10. The first kappa shape index (κ1) is 13.3. The Morgan fingerprint density at radius 1 is 1.44 bits per heavy atom. The van der Waals surface area contributed by atoms with Gasteiger partial charge in [0, 0.05) is 37.4 Å². The first-order valence-corrected chi connectivity index (χ1v) is 6.67. The average molecular weight is 314 g/mol. The van der Waals surface area contributed by atoms with Crippen molar-refractivity contribution >= 4 is 27.3 Å². The van der Waals surface area contributed by atoms with E-state index in [1.807, 2.05) is 12.1 Å². The molecule has 0 aliphatic carbocycles. The molecule has 2 rings (SSSR count). The number of nitro benzene ring substituents is 1. The molecule has 0 N–H and O–H groups in total. The second-order valence-electron chi connectivity index (χ2n) is 4.67. The van der Waals surface area contributed by atoms with Gasteiger partial charge < -0.3 is 9.80 Å². The van der Waals surface area contributed by atoms with Crippen LogP contribution in [0.1, 0.15) is 6.92 Å². The maximum Gasteiger partial charge on any atom is 0.283 e. The van der Waals surface area contributed by atoms with Crippen molar-refractivity contribution in [3.63, 3.8) is 0 Å². The van der Waals surface area contributed by atoms with E-state index in [1.165, 1.54) is 0 Å². The van der Waals surface area contributed by atoms with Gasteiger partial charge in [-0.1, -0.05) is 0 Å². The molecule has 18 heavy (non-hydrogen) atoms. The SMILES string of the molecule is C[C@@H]1CN(c2ccc([N+](=O)[O-])c(Br)c2)CCN1C. The molecular weight excluding hydrogens is 298 g/mol. The van der Waals surface area contributed by atoms with Gasteiger partial charge in [0.25, 0.3) is 5.69 Å². The lowest BCUT2D eigenvalue weighted by molar-refractivity contribution is -0.385. The molecule has 0 saturated carbocycles. The van der Waals surface area contributed by atoms with Crippen LogP contribution in [-0.4, -0.2) is 42.5 Å². The van der Waals surface area contributed by atoms with Crippen LogP contribution < -0.4 is 4.90 Å². The highest BCUT2D eigenvalue weighted by Gasteiger charge is 2.22. The lowest BCUT2D eigenvalue weighted by Gasteiger charge is -2.39. The minimum Gasteiger partial charge on any atom is -0.369 e. The Balaban J connectivity index is 2.19. The first-order valence-electron chi connectivity index (χ1n) is 5.88. The second-order valence-corrected chi connectivity index (χ2v) is 5.52. The highest BCUT2D eigenvalue weighted by Crippen LogP contribution is 2.30. The van der Waals surface area contributed by atoms with Gasteiger partial charge in [0.1, 0.15) is 0 Å². The van der Waals surface area contributed by atoms with Crippen molar-refractivity contribution in [3.05, 3.63) is 32.8 Å². The summed E-state index contributed by atoms with van der Waals surface area (Å²) in [5, 5.41) is 10.8. The smallest absolute Gasteiger partial charge is 0.283 e. The van der Waals surface area contributed by atoms with Gasteiger partial charge in [-0.3, -0.25) is 10.1 Å². The minimum atomic E-state index is -0.375. The van der Waals surface area contributed by atoms with Crippen LogP contribution in [0.15, 0.2) is 22.7 Å². The van der Waals surface area contributed by atoms with Crippen LogP contribution in [-0.2, 0) is 0 Å². The molecule has 1 aromatic carbocycles. The zero-order valence-electron chi connectivity index (χ0n) is 10.5. The fourth-order valence-corrected chi connectivity index (χ4v) is 2.64. The van der Waals surface area contributed by atoms with E-state index >= 15 is 0 Å². The largest absolute Gasteiger partial charge is 0.369 e. The predicted octanol–water partition coefficient (Wildman–Crippen LogP) is 2.50. The lowest BCUT2D eigenvalue weighted by Crippen LogP contribution is -2.50. The van der Waals surface area contributed by atoms with E-state index in [9.17, 15) is 10.1 Å². The van der Waals surface area contributed by atoms with E-state index in [-0.39, 0.29) is 10.6 Å². The van der Waals surface area contributed by atoms with Crippen LogP contribution >= 0.6 is 15.9 Å². The zero-order valence-corrected chi connectivity index (χ0v) is 12.1. The standard InChI is InChI=1S/C12H16BrN3O2/c1-9-8-15(6-5-14(9)2)10-3-4-12(16(17)18)11(13)7-10/h3-4,7,9H,5-6,8H2,1-2H3/t9-/m1/s1. The van der Waals surface area contributed by atoms with Gasteiger partial charge in [0.2, 0.25) is 0 Å². The Kier molecular flexibility index (Phi) is 3.87. The fourth-order valence-electron chi connectivity index (χ4n) is 2.12. The van der Waals surface area contributed by atoms with E-state index in [1.54, 1.807) is 6.07 Å². The van der Waals surface area contributed by atoms with Gasteiger partial charge in [-0.15, -0.1) is 0 Å². The fraction of sp³-hybridized carbons (Fsp3) is 0.500. The number of hydrogen-bond donors (Lipinski definition) is 0. The van der Waals surface area contributed by atoms with Crippen molar-refractivity contribution in [1.82, 2.24) is 4.90 Å². The molecular formula is C12H16BrN3O2. The third-order valence-electron chi connectivity index (χ3n) is 3.45. The molecule has 0 amide bonds. The summed E-state index contributed by atoms with van der Waals surface area (Å²) in [6, 6.07) is 5.70. The maximum absolute atomic E-state index is 10.8. The monoisotopic (exact) mass is 313 g/mol. The number of likely N-dealkylation sites (N-methyl/N-ethyl adjacent to an activating group) is 1. The van der Waals surface area contributed by atoms with E-state index in [2.05, 4.69) is 39.7 Å². The molecule has 1 fully saturated rings. The lowest BCUT2D eigenvalue weighted by atomic mass is 10.1. The van der Waals surface area contributed by atoms with Gasteiger partial charge in [0.15, 0.2) is 0 Å². The Labute approximate surface area is 115 Å². The molecule has 1 aliphatic heterocycles. The Morgan fingerprint density at radius 2 is 2.17 bits per heavy atom. The molecule has 0 bridgehead atoms. The number of hydrogen-bond acceptors (Lipinski definition) is 4. The van der Waals surface area contributed by atoms with E-state index < -0.39 is 0 Å². The maximum atomic E-state index is 10.8. The molecule has 0 aromatic heterocycles. The van der Waals surface area contributed by atoms with E-state index in [0.29, 0.717) is 10.5 Å². The van der Waals surface area contributed by atoms with Crippen LogP contribution in [0.3, 0.4) is 0 Å². The number of benzene rings is 1. The summed E-state index contributed by atoms with van der Waals surface area (Å²) in [5.41, 5.74) is 1.15. The number of anilines is 1. The summed E-state index contributed by atoms with van der Waals surface area (Å²) in [7, 11) is 2.12. The zero-order chi connectivity index (χ0) is 13.3. The molecule has 98 valence electrons. The quantitative estimate of drug-likeness (QED) is 0.622. The molecule has 6 heteroatoms. The Bertz CT molecular complexity index is 467. The van der Waals surface area contributed by atoms with Gasteiger partial charge >= 0.3 is 0 Å². The summed E-state index contributed by atoms with van der Waals surface area (Å²) < 4.78 is 0.539. The normalized spacial score (nSPS) is 21.1. The Hall–Kier alpha value is -1.14. The van der Waals surface area contributed by atoms with E-state index in [4.69, 9.17) is 0 Å². The van der Waals surface area contributed by atoms with Crippen LogP contribution in [0.2, 0.25) is 0 Å². The van der Waals surface area contributed by atoms with Crippen LogP contribution in [0.4, 0.5) is 11.4 Å². The number of nitrogens with zero attached hydrogens (tertiary/aromatic N) is 3. The molecule has 1 atom stereocenters. The predicted molar refractivity (Wildman–Crippen MR) is 75.1 cm³/mol. The molecule has 0 unspecified atom stereocenters. The highest BCUT2D eigenvalue weighted by atomic mass is 79.9. The molecule has 1 saturated heterocycles.